The molecule has 2 heterocycles. The van der Waals surface area contributed by atoms with Crippen LogP contribution in [-0.4, -0.2) is 46.5 Å². The first-order valence-electron chi connectivity index (χ1n) is 8.12. The molecule has 0 saturated carbocycles. The van der Waals surface area contributed by atoms with Gasteiger partial charge in [-0.1, -0.05) is 12.1 Å². The molecule has 0 aliphatic carbocycles. The van der Waals surface area contributed by atoms with Crippen molar-refractivity contribution in [3.05, 3.63) is 40.4 Å². The van der Waals surface area contributed by atoms with Crippen molar-refractivity contribution in [2.45, 2.75) is 32.2 Å². The van der Waals surface area contributed by atoms with E-state index in [1.165, 1.54) is 0 Å². The molecule has 1 aromatic heterocycles. The maximum Gasteiger partial charge on any atom is 0.258 e. The number of nitrogens with one attached hydrogen (secondary N) is 2. The number of hydrogen-bond acceptors (Lipinski definition) is 4. The Morgan fingerprint density at radius 3 is 2.96 bits per heavy atom. The molecule has 1 fully saturated rings. The minimum Gasteiger partial charge on any atom is -0.340 e. The van der Waals surface area contributed by atoms with Gasteiger partial charge in [-0.2, -0.15) is 0 Å². The average molecular weight is 351 g/mol. The van der Waals surface area contributed by atoms with Gasteiger partial charge in [-0.25, -0.2) is 4.98 Å². The molecule has 1 unspecified atom stereocenters. The smallest absolute Gasteiger partial charge is 0.258 e. The molecular weight excluding hydrogens is 328 g/mol. The second kappa shape index (κ2) is 8.26. The van der Waals surface area contributed by atoms with Gasteiger partial charge in [-0.3, -0.25) is 9.59 Å². The van der Waals surface area contributed by atoms with Crippen LogP contribution in [0.4, 0.5) is 0 Å². The van der Waals surface area contributed by atoms with E-state index < -0.39 is 0 Å². The van der Waals surface area contributed by atoms with Crippen molar-refractivity contribution < 1.29 is 4.79 Å². The van der Waals surface area contributed by atoms with E-state index in [9.17, 15) is 9.59 Å². The minimum absolute atomic E-state index is 0. The molecule has 1 saturated heterocycles. The van der Waals surface area contributed by atoms with Gasteiger partial charge < -0.3 is 15.2 Å². The van der Waals surface area contributed by atoms with Crippen LogP contribution in [0.25, 0.3) is 10.9 Å². The standard InChI is InChI=1S/C17H22N4O2.ClH/c1-12-11-21(10-9-18-12)16(22)8-4-7-15-19-14-6-3-2-5-13(14)17(23)20-15;/h2-3,5-6,12,18H,4,7-11H2,1H3,(H,19,20,23);1H. The van der Waals surface area contributed by atoms with Gasteiger partial charge in [0.15, 0.2) is 0 Å². The van der Waals surface area contributed by atoms with Crippen LogP contribution >= 0.6 is 12.4 Å². The predicted octanol–water partition coefficient (Wildman–Crippen LogP) is 1.49. The molecule has 1 amide bonds. The van der Waals surface area contributed by atoms with Crippen molar-refractivity contribution >= 4 is 29.2 Å². The van der Waals surface area contributed by atoms with E-state index in [0.29, 0.717) is 42.0 Å². The first-order chi connectivity index (χ1) is 11.1. The zero-order valence-electron chi connectivity index (χ0n) is 13.7. The molecule has 6 nitrogen and oxygen atoms in total. The third-order valence-electron chi connectivity index (χ3n) is 4.19. The van der Waals surface area contributed by atoms with Crippen LogP contribution in [0.2, 0.25) is 0 Å². The Balaban J connectivity index is 0.00000208. The number of piperazine rings is 1. The molecule has 1 aromatic carbocycles. The summed E-state index contributed by atoms with van der Waals surface area (Å²) >= 11 is 0. The van der Waals surface area contributed by atoms with Gasteiger partial charge in [-0.05, 0) is 25.5 Å². The lowest BCUT2D eigenvalue weighted by molar-refractivity contribution is -0.132. The van der Waals surface area contributed by atoms with E-state index in [-0.39, 0.29) is 23.9 Å². The summed E-state index contributed by atoms with van der Waals surface area (Å²) in [6.07, 6.45) is 1.79. The molecule has 3 rings (SSSR count). The number of nitrogens with zero attached hydrogens (tertiary/aromatic N) is 2. The average Bonchev–Trinajstić information content (AvgIpc) is 2.55. The van der Waals surface area contributed by atoms with Crippen molar-refractivity contribution in [3.8, 4) is 0 Å². The molecular formula is C17H23ClN4O2. The number of aryl methyl sites for hydroxylation is 1. The van der Waals surface area contributed by atoms with Gasteiger partial charge >= 0.3 is 0 Å². The van der Waals surface area contributed by atoms with Crippen molar-refractivity contribution in [1.29, 1.82) is 0 Å². The van der Waals surface area contributed by atoms with Crippen molar-refractivity contribution in [2.24, 2.45) is 0 Å². The normalized spacial score (nSPS) is 17.5. The Bertz CT molecular complexity index is 762. The molecule has 0 radical (unpaired) electrons. The molecule has 2 N–H and O–H groups in total. The van der Waals surface area contributed by atoms with Gasteiger partial charge in [0.1, 0.15) is 5.82 Å². The fraction of sp³-hybridized carbons (Fsp3) is 0.471. The highest BCUT2D eigenvalue weighted by Crippen LogP contribution is 2.09. The third-order valence-corrected chi connectivity index (χ3v) is 4.19. The molecule has 2 aromatic rings. The van der Waals surface area contributed by atoms with Gasteiger partial charge in [0.2, 0.25) is 5.91 Å². The summed E-state index contributed by atoms with van der Waals surface area (Å²) < 4.78 is 0. The molecule has 1 aliphatic rings. The lowest BCUT2D eigenvalue weighted by atomic mass is 10.1. The van der Waals surface area contributed by atoms with E-state index in [1.54, 1.807) is 6.07 Å². The molecule has 1 atom stereocenters. The Kier molecular flexibility index (Phi) is 6.34. The highest BCUT2D eigenvalue weighted by Gasteiger charge is 2.19. The first kappa shape index (κ1) is 18.4. The number of amides is 1. The number of aromatic amines is 1. The van der Waals surface area contributed by atoms with E-state index in [0.717, 1.165) is 19.6 Å². The number of aromatic nitrogens is 2. The number of rotatable bonds is 4. The first-order valence-corrected chi connectivity index (χ1v) is 8.12. The zero-order valence-corrected chi connectivity index (χ0v) is 14.6. The van der Waals surface area contributed by atoms with Gasteiger partial charge in [0.05, 0.1) is 10.9 Å². The van der Waals surface area contributed by atoms with Crippen LogP contribution in [-0.2, 0) is 11.2 Å². The number of para-hydroxylation sites is 1. The SMILES string of the molecule is CC1CN(C(=O)CCCc2nc3ccccc3c(=O)[nH]2)CCN1.Cl. The Morgan fingerprint density at radius 1 is 1.38 bits per heavy atom. The maximum atomic E-state index is 12.2. The van der Waals surface area contributed by atoms with Crippen molar-refractivity contribution in [3.63, 3.8) is 0 Å². The fourth-order valence-corrected chi connectivity index (χ4v) is 2.98. The Hall–Kier alpha value is -1.92. The fourth-order valence-electron chi connectivity index (χ4n) is 2.98. The summed E-state index contributed by atoms with van der Waals surface area (Å²) in [4.78, 5) is 33.4. The summed E-state index contributed by atoms with van der Waals surface area (Å²) in [5.41, 5.74) is 0.585. The van der Waals surface area contributed by atoms with E-state index in [2.05, 4.69) is 22.2 Å². The highest BCUT2D eigenvalue weighted by atomic mass is 35.5. The van der Waals surface area contributed by atoms with Crippen LogP contribution in [0.15, 0.2) is 29.1 Å². The van der Waals surface area contributed by atoms with Gasteiger partial charge in [0, 0.05) is 38.5 Å². The summed E-state index contributed by atoms with van der Waals surface area (Å²) in [6, 6.07) is 7.65. The topological polar surface area (TPSA) is 78.1 Å². The van der Waals surface area contributed by atoms with Crippen LogP contribution in [0, 0.1) is 0 Å². The summed E-state index contributed by atoms with van der Waals surface area (Å²) in [6.45, 7) is 4.48. The summed E-state index contributed by atoms with van der Waals surface area (Å²) in [5, 5.41) is 3.93. The Labute approximate surface area is 147 Å². The third kappa shape index (κ3) is 4.33. The molecule has 7 heteroatoms. The van der Waals surface area contributed by atoms with Crippen molar-refractivity contribution in [2.75, 3.05) is 19.6 Å². The Morgan fingerprint density at radius 2 is 2.17 bits per heavy atom. The number of halogens is 1. The van der Waals surface area contributed by atoms with Crippen LogP contribution in [0.3, 0.4) is 0 Å². The molecule has 0 bridgehead atoms. The monoisotopic (exact) mass is 350 g/mol. The largest absolute Gasteiger partial charge is 0.340 e. The maximum absolute atomic E-state index is 12.2. The highest BCUT2D eigenvalue weighted by molar-refractivity contribution is 5.85. The number of carbonyl (C=O) groups is 1. The van der Waals surface area contributed by atoms with E-state index >= 15 is 0 Å². The van der Waals surface area contributed by atoms with Gasteiger partial charge in [0.25, 0.3) is 5.56 Å². The number of H-pyrrole nitrogens is 1. The lowest BCUT2D eigenvalue weighted by Gasteiger charge is -2.32. The van der Waals surface area contributed by atoms with Gasteiger partial charge in [-0.15, -0.1) is 12.4 Å². The molecule has 0 spiro atoms. The quantitative estimate of drug-likeness (QED) is 0.875. The number of fused-ring (bicyclic) bond motifs is 1. The zero-order chi connectivity index (χ0) is 16.2. The second-order valence-corrected chi connectivity index (χ2v) is 6.08. The van der Waals surface area contributed by atoms with E-state index in [1.807, 2.05) is 23.1 Å². The number of carbonyl (C=O) groups excluding carboxylic acids is 1. The number of hydrogen-bond donors (Lipinski definition) is 2. The number of benzene rings is 1. The van der Waals surface area contributed by atoms with Crippen LogP contribution in [0.5, 0.6) is 0 Å². The lowest BCUT2D eigenvalue weighted by Crippen LogP contribution is -2.51. The van der Waals surface area contributed by atoms with Crippen molar-refractivity contribution in [1.82, 2.24) is 20.2 Å². The second-order valence-electron chi connectivity index (χ2n) is 6.08. The molecule has 1 aliphatic heterocycles. The predicted molar refractivity (Wildman–Crippen MR) is 96.6 cm³/mol. The minimum atomic E-state index is -0.118. The van der Waals surface area contributed by atoms with Crippen LogP contribution in [0.1, 0.15) is 25.6 Å². The summed E-state index contributed by atoms with van der Waals surface area (Å²) in [7, 11) is 0. The summed E-state index contributed by atoms with van der Waals surface area (Å²) in [5.74, 6) is 0.830. The van der Waals surface area contributed by atoms with E-state index in [4.69, 9.17) is 0 Å². The van der Waals surface area contributed by atoms with Crippen LogP contribution < -0.4 is 10.9 Å². The molecule has 24 heavy (non-hydrogen) atoms. The molecule has 130 valence electrons.